The maximum Gasteiger partial charge on any atom is 0.264 e. The number of halogens is 2. The quantitative estimate of drug-likeness (QED) is 0.303. The lowest BCUT2D eigenvalue weighted by Gasteiger charge is -2.32. The number of nitrogens with one attached hydrogen (secondary N) is 1. The smallest absolute Gasteiger partial charge is 0.264 e. The van der Waals surface area contributed by atoms with E-state index < -0.39 is 34.3 Å². The molecule has 1 N–H and O–H groups in total. The van der Waals surface area contributed by atoms with Crippen LogP contribution in [-0.2, 0) is 26.2 Å². The van der Waals surface area contributed by atoms with E-state index in [1.807, 2.05) is 38.1 Å². The Labute approximate surface area is 243 Å². The first-order valence-electron chi connectivity index (χ1n) is 12.7. The number of hydrogen-bond donors (Lipinski definition) is 1. The minimum Gasteiger partial charge on any atom is -0.497 e. The number of amides is 2. The molecule has 3 aromatic carbocycles. The normalized spacial score (nSPS) is 12.1. The van der Waals surface area contributed by atoms with Crippen molar-refractivity contribution in [2.75, 3.05) is 24.5 Å². The molecular weight excluding hydrogens is 601 g/mol. The van der Waals surface area contributed by atoms with E-state index in [0.717, 1.165) is 26.5 Å². The summed E-state index contributed by atoms with van der Waals surface area (Å²) in [6, 6.07) is 17.0. The fraction of sp³-hybridized carbons (Fsp3) is 0.310. The highest BCUT2D eigenvalue weighted by Gasteiger charge is 2.32. The van der Waals surface area contributed by atoms with Crippen LogP contribution in [0.5, 0.6) is 5.75 Å². The first-order chi connectivity index (χ1) is 18.9. The zero-order chi connectivity index (χ0) is 29.4. The zero-order valence-corrected chi connectivity index (χ0v) is 25.2. The van der Waals surface area contributed by atoms with E-state index in [1.165, 1.54) is 48.4 Å². The lowest BCUT2D eigenvalue weighted by molar-refractivity contribution is -0.139. The molecule has 0 saturated heterocycles. The van der Waals surface area contributed by atoms with E-state index in [0.29, 0.717) is 12.3 Å². The first kappa shape index (κ1) is 31.1. The molecule has 0 unspecified atom stereocenters. The Balaban J connectivity index is 2.01. The Morgan fingerprint density at radius 3 is 2.23 bits per heavy atom. The Hall–Kier alpha value is -3.44. The van der Waals surface area contributed by atoms with Crippen molar-refractivity contribution < 1.29 is 27.1 Å². The van der Waals surface area contributed by atoms with Gasteiger partial charge in [0.1, 0.15) is 24.2 Å². The third-order valence-corrected chi connectivity index (χ3v) is 8.42. The van der Waals surface area contributed by atoms with Crippen LogP contribution in [-0.4, -0.2) is 51.4 Å². The molecule has 0 aliphatic heterocycles. The van der Waals surface area contributed by atoms with Crippen molar-refractivity contribution in [3.8, 4) is 5.75 Å². The van der Waals surface area contributed by atoms with Crippen LogP contribution in [0.15, 0.2) is 82.2 Å². The summed E-state index contributed by atoms with van der Waals surface area (Å²) in [6.45, 7) is 5.39. The molecule has 0 radical (unpaired) electrons. The number of carbonyl (C=O) groups is 2. The van der Waals surface area contributed by atoms with Gasteiger partial charge in [-0.15, -0.1) is 0 Å². The molecule has 40 heavy (non-hydrogen) atoms. The predicted molar refractivity (Wildman–Crippen MR) is 156 cm³/mol. The van der Waals surface area contributed by atoms with Gasteiger partial charge in [0.25, 0.3) is 10.0 Å². The van der Waals surface area contributed by atoms with Gasteiger partial charge in [-0.2, -0.15) is 0 Å². The minimum absolute atomic E-state index is 0.0639. The molecule has 214 valence electrons. The number of rotatable bonds is 12. The van der Waals surface area contributed by atoms with E-state index in [-0.39, 0.29) is 29.0 Å². The van der Waals surface area contributed by atoms with Crippen molar-refractivity contribution in [3.63, 3.8) is 0 Å². The largest absolute Gasteiger partial charge is 0.497 e. The van der Waals surface area contributed by atoms with Crippen molar-refractivity contribution in [1.82, 2.24) is 10.2 Å². The molecule has 2 amide bonds. The van der Waals surface area contributed by atoms with Crippen LogP contribution in [0.4, 0.5) is 10.1 Å². The monoisotopic (exact) mass is 633 g/mol. The fourth-order valence-electron chi connectivity index (χ4n) is 3.88. The Bertz CT molecular complexity index is 1420. The average molecular weight is 635 g/mol. The summed E-state index contributed by atoms with van der Waals surface area (Å²) < 4.78 is 48.2. The van der Waals surface area contributed by atoms with Gasteiger partial charge in [-0.25, -0.2) is 12.8 Å². The number of carbonyl (C=O) groups excluding carboxylic acids is 2. The highest BCUT2D eigenvalue weighted by Crippen LogP contribution is 2.26. The van der Waals surface area contributed by atoms with E-state index in [2.05, 4.69) is 21.2 Å². The number of nitrogens with zero attached hydrogens (tertiary/aromatic N) is 2. The van der Waals surface area contributed by atoms with Gasteiger partial charge in [-0.1, -0.05) is 41.9 Å². The van der Waals surface area contributed by atoms with E-state index >= 15 is 0 Å². The molecule has 1 atom stereocenters. The Morgan fingerprint density at radius 2 is 1.65 bits per heavy atom. The Morgan fingerprint density at radius 1 is 1.00 bits per heavy atom. The highest BCUT2D eigenvalue weighted by molar-refractivity contribution is 9.10. The fourth-order valence-corrected chi connectivity index (χ4v) is 5.74. The molecular formula is C29H33BrFN3O5S. The number of benzene rings is 3. The summed E-state index contributed by atoms with van der Waals surface area (Å²) >= 11 is 3.42. The lowest BCUT2D eigenvalue weighted by Crippen LogP contribution is -2.51. The molecule has 8 nitrogen and oxygen atoms in total. The second kappa shape index (κ2) is 13.8. The van der Waals surface area contributed by atoms with Crippen molar-refractivity contribution >= 4 is 43.5 Å². The van der Waals surface area contributed by atoms with Gasteiger partial charge in [-0.3, -0.25) is 13.9 Å². The highest BCUT2D eigenvalue weighted by atomic mass is 79.9. The summed E-state index contributed by atoms with van der Waals surface area (Å²) in [5.41, 5.74) is 0.850. The topological polar surface area (TPSA) is 96.0 Å². The zero-order valence-electron chi connectivity index (χ0n) is 22.8. The van der Waals surface area contributed by atoms with Gasteiger partial charge in [0.15, 0.2) is 0 Å². The van der Waals surface area contributed by atoms with Crippen LogP contribution in [0.25, 0.3) is 0 Å². The predicted octanol–water partition coefficient (Wildman–Crippen LogP) is 4.98. The van der Waals surface area contributed by atoms with Gasteiger partial charge >= 0.3 is 0 Å². The summed E-state index contributed by atoms with van der Waals surface area (Å²) in [5.74, 6) is -0.848. The van der Waals surface area contributed by atoms with E-state index in [9.17, 15) is 22.4 Å². The molecule has 0 aliphatic rings. The van der Waals surface area contributed by atoms with Gasteiger partial charge in [-0.05, 0) is 79.1 Å². The van der Waals surface area contributed by atoms with Crippen LogP contribution < -0.4 is 14.4 Å². The number of sulfonamides is 1. The average Bonchev–Trinajstić information content (AvgIpc) is 2.93. The van der Waals surface area contributed by atoms with Gasteiger partial charge in [0.05, 0.1) is 17.7 Å². The standard InChI is InChI=1S/C29H33BrFN3O5S/c1-20(2)17-32-29(36)21(3)33(18-22-6-5-7-23(30)16-22)28(35)19-34(25-10-8-24(31)9-11-25)40(37,38)27-14-12-26(39-4)13-15-27/h5-16,20-21H,17-19H2,1-4H3,(H,32,36)/t21-/m1/s1. The lowest BCUT2D eigenvalue weighted by atomic mass is 10.1. The molecule has 0 spiro atoms. The molecule has 0 heterocycles. The summed E-state index contributed by atoms with van der Waals surface area (Å²) in [6.07, 6.45) is 0. The first-order valence-corrected chi connectivity index (χ1v) is 14.9. The van der Waals surface area contributed by atoms with Gasteiger partial charge in [0.2, 0.25) is 11.8 Å². The summed E-state index contributed by atoms with van der Waals surface area (Å²) in [4.78, 5) is 28.2. The molecule has 11 heteroatoms. The Kier molecular flexibility index (Phi) is 10.7. The van der Waals surface area contributed by atoms with Crippen LogP contribution in [0.2, 0.25) is 0 Å². The van der Waals surface area contributed by atoms with Crippen LogP contribution in [0.3, 0.4) is 0 Å². The van der Waals surface area contributed by atoms with Crippen LogP contribution in [0, 0.1) is 11.7 Å². The number of ether oxygens (including phenoxy) is 1. The van der Waals surface area contributed by atoms with E-state index in [4.69, 9.17) is 4.74 Å². The van der Waals surface area contributed by atoms with Gasteiger partial charge < -0.3 is 15.0 Å². The van der Waals surface area contributed by atoms with Crippen LogP contribution in [0.1, 0.15) is 26.3 Å². The molecule has 0 saturated carbocycles. The third kappa shape index (κ3) is 8.04. The van der Waals surface area contributed by atoms with Crippen molar-refractivity contribution in [1.29, 1.82) is 0 Å². The number of anilines is 1. The molecule has 0 fully saturated rings. The molecule has 0 aromatic heterocycles. The molecule has 0 bridgehead atoms. The molecule has 3 rings (SSSR count). The summed E-state index contributed by atoms with van der Waals surface area (Å²) in [7, 11) is -2.80. The SMILES string of the molecule is COc1ccc(S(=O)(=O)N(CC(=O)N(Cc2cccc(Br)c2)[C@H](C)C(=O)NCC(C)C)c2ccc(F)cc2)cc1. The molecule has 0 aliphatic carbocycles. The van der Waals surface area contributed by atoms with Crippen molar-refractivity contribution in [3.05, 3.63) is 88.6 Å². The molecule has 3 aromatic rings. The van der Waals surface area contributed by atoms with Crippen LogP contribution >= 0.6 is 15.9 Å². The van der Waals surface area contributed by atoms with Gasteiger partial charge in [0, 0.05) is 17.6 Å². The number of hydrogen-bond acceptors (Lipinski definition) is 5. The second-order valence-corrected chi connectivity index (χ2v) is 12.4. The third-order valence-electron chi connectivity index (χ3n) is 6.13. The van der Waals surface area contributed by atoms with E-state index in [1.54, 1.807) is 6.92 Å². The number of methoxy groups -OCH3 is 1. The minimum atomic E-state index is -4.27. The van der Waals surface area contributed by atoms with Crippen molar-refractivity contribution in [2.45, 2.75) is 38.3 Å². The maximum absolute atomic E-state index is 13.9. The second-order valence-electron chi connectivity index (χ2n) is 9.63. The maximum atomic E-state index is 13.9. The van der Waals surface area contributed by atoms with Crippen molar-refractivity contribution in [2.24, 2.45) is 5.92 Å². The summed E-state index contributed by atoms with van der Waals surface area (Å²) in [5, 5.41) is 2.85.